The fraction of sp³-hybridized carbons (Fsp3) is 0.286. The quantitative estimate of drug-likeness (QED) is 0.404. The van der Waals surface area contributed by atoms with Crippen molar-refractivity contribution in [3.63, 3.8) is 0 Å². The summed E-state index contributed by atoms with van der Waals surface area (Å²) in [5.41, 5.74) is 0.415. The van der Waals surface area contributed by atoms with E-state index in [9.17, 15) is 9.59 Å². The lowest BCUT2D eigenvalue weighted by Gasteiger charge is -2.33. The smallest absolute Gasteiger partial charge is 0.317 e. The molecule has 0 bridgehead atoms. The molecule has 2 fully saturated rings. The second-order valence-corrected chi connectivity index (χ2v) is 9.94. The van der Waals surface area contributed by atoms with E-state index < -0.39 is 23.1 Å². The first-order valence-corrected chi connectivity index (χ1v) is 12.3. The summed E-state index contributed by atoms with van der Waals surface area (Å²) in [6, 6.07) is 24.4. The number of esters is 1. The molecule has 0 saturated carbocycles. The molecule has 2 saturated heterocycles. The van der Waals surface area contributed by atoms with Gasteiger partial charge in [0.25, 0.3) is 5.91 Å². The SMILES string of the molecule is CCOC(=O)[C@]12CN(Cc3ccccc3)C(=O)C1OC(c1ccc(Cl)cc1)(c1ccc(Cl)cc1)C2. The number of halogens is 2. The molecule has 2 atom stereocenters. The number of ether oxygens (including phenoxy) is 2. The topological polar surface area (TPSA) is 55.8 Å². The van der Waals surface area contributed by atoms with Crippen molar-refractivity contribution in [1.82, 2.24) is 4.90 Å². The molecule has 0 aliphatic carbocycles. The molecule has 0 spiro atoms. The standard InChI is InChI=1S/C28H25Cl2NO4/c1-2-34-26(33)27-17-28(20-8-12-22(29)13-9-20,21-10-14-23(30)15-11-21)35-24(27)25(32)31(18-27)16-19-6-4-3-5-7-19/h3-15,24H,2,16-18H2,1H3/t24?,27-/m1/s1. The molecule has 0 radical (unpaired) electrons. The maximum absolute atomic E-state index is 13.7. The van der Waals surface area contributed by atoms with Crippen LogP contribution in [0.25, 0.3) is 0 Å². The van der Waals surface area contributed by atoms with Crippen molar-refractivity contribution in [2.45, 2.75) is 31.6 Å². The Labute approximate surface area is 214 Å². The second-order valence-electron chi connectivity index (χ2n) is 9.07. The minimum atomic E-state index is -1.15. The molecule has 35 heavy (non-hydrogen) atoms. The molecule has 180 valence electrons. The van der Waals surface area contributed by atoms with Gasteiger partial charge in [0.15, 0.2) is 6.10 Å². The summed E-state index contributed by atoms with van der Waals surface area (Å²) >= 11 is 12.3. The van der Waals surface area contributed by atoms with Gasteiger partial charge in [0.1, 0.15) is 11.0 Å². The summed E-state index contributed by atoms with van der Waals surface area (Å²) in [7, 11) is 0. The van der Waals surface area contributed by atoms with Crippen LogP contribution in [0.15, 0.2) is 78.9 Å². The van der Waals surface area contributed by atoms with Gasteiger partial charge in [-0.3, -0.25) is 9.59 Å². The molecule has 0 aromatic heterocycles. The second kappa shape index (κ2) is 9.30. The first-order valence-electron chi connectivity index (χ1n) is 11.6. The average Bonchev–Trinajstić information content (AvgIpc) is 3.34. The average molecular weight is 510 g/mol. The molecule has 2 aliphatic heterocycles. The summed E-state index contributed by atoms with van der Waals surface area (Å²) in [4.78, 5) is 28.9. The Morgan fingerprint density at radius 1 is 0.971 bits per heavy atom. The minimum Gasteiger partial charge on any atom is -0.465 e. The van der Waals surface area contributed by atoms with Crippen molar-refractivity contribution in [3.05, 3.63) is 106 Å². The van der Waals surface area contributed by atoms with Crippen LogP contribution in [0.1, 0.15) is 30.0 Å². The fourth-order valence-corrected chi connectivity index (χ4v) is 5.56. The van der Waals surface area contributed by atoms with E-state index in [-0.39, 0.29) is 25.5 Å². The summed E-state index contributed by atoms with van der Waals surface area (Å²) in [6.45, 7) is 2.60. The van der Waals surface area contributed by atoms with Crippen molar-refractivity contribution in [2.24, 2.45) is 5.41 Å². The predicted molar refractivity (Wildman–Crippen MR) is 134 cm³/mol. The number of likely N-dealkylation sites (tertiary alicyclic amines) is 1. The van der Waals surface area contributed by atoms with E-state index in [4.69, 9.17) is 32.7 Å². The molecule has 5 nitrogen and oxygen atoms in total. The van der Waals surface area contributed by atoms with Crippen molar-refractivity contribution in [1.29, 1.82) is 0 Å². The number of carbonyl (C=O) groups excluding carboxylic acids is 2. The van der Waals surface area contributed by atoms with Crippen LogP contribution >= 0.6 is 23.2 Å². The Hall–Kier alpha value is -2.86. The van der Waals surface area contributed by atoms with Gasteiger partial charge in [-0.05, 0) is 47.9 Å². The fourth-order valence-electron chi connectivity index (χ4n) is 5.30. The van der Waals surface area contributed by atoms with E-state index in [1.807, 2.05) is 54.6 Å². The normalized spacial score (nSPS) is 22.8. The maximum Gasteiger partial charge on any atom is 0.317 e. The van der Waals surface area contributed by atoms with Gasteiger partial charge >= 0.3 is 5.97 Å². The van der Waals surface area contributed by atoms with E-state index in [1.54, 1.807) is 36.1 Å². The van der Waals surface area contributed by atoms with Crippen molar-refractivity contribution in [3.8, 4) is 0 Å². The minimum absolute atomic E-state index is 0.215. The van der Waals surface area contributed by atoms with E-state index in [1.165, 1.54) is 0 Å². The lowest BCUT2D eigenvalue weighted by atomic mass is 9.73. The molecular weight excluding hydrogens is 485 g/mol. The molecule has 0 N–H and O–H groups in total. The first-order chi connectivity index (χ1) is 16.9. The van der Waals surface area contributed by atoms with Gasteiger partial charge in [0, 0.05) is 29.6 Å². The third-order valence-electron chi connectivity index (χ3n) is 6.91. The van der Waals surface area contributed by atoms with Crippen LogP contribution in [0.3, 0.4) is 0 Å². The number of benzene rings is 3. The first kappa shape index (κ1) is 23.9. The van der Waals surface area contributed by atoms with Crippen LogP contribution in [0.2, 0.25) is 10.0 Å². The van der Waals surface area contributed by atoms with Crippen LogP contribution in [-0.4, -0.2) is 36.0 Å². The number of hydrogen-bond acceptors (Lipinski definition) is 4. The highest BCUT2D eigenvalue weighted by Gasteiger charge is 2.69. The van der Waals surface area contributed by atoms with Gasteiger partial charge in [-0.25, -0.2) is 0 Å². The molecule has 5 rings (SSSR count). The zero-order valence-electron chi connectivity index (χ0n) is 19.2. The summed E-state index contributed by atoms with van der Waals surface area (Å²) < 4.78 is 12.2. The van der Waals surface area contributed by atoms with Gasteiger partial charge in [-0.2, -0.15) is 0 Å². The van der Waals surface area contributed by atoms with Crippen LogP contribution in [0.4, 0.5) is 0 Å². The van der Waals surface area contributed by atoms with E-state index >= 15 is 0 Å². The van der Waals surface area contributed by atoms with Gasteiger partial charge in [0.2, 0.25) is 0 Å². The lowest BCUT2D eigenvalue weighted by Crippen LogP contribution is -2.41. The maximum atomic E-state index is 13.7. The van der Waals surface area contributed by atoms with Crippen molar-refractivity contribution in [2.75, 3.05) is 13.2 Å². The Morgan fingerprint density at radius 3 is 2.09 bits per heavy atom. The zero-order valence-corrected chi connectivity index (χ0v) is 20.8. The summed E-state index contributed by atoms with van der Waals surface area (Å²) in [5, 5.41) is 1.17. The van der Waals surface area contributed by atoms with Crippen molar-refractivity contribution < 1.29 is 19.1 Å². The van der Waals surface area contributed by atoms with E-state index in [0.29, 0.717) is 16.6 Å². The molecule has 7 heteroatoms. The molecule has 2 heterocycles. The number of hydrogen-bond donors (Lipinski definition) is 0. The van der Waals surface area contributed by atoms with Gasteiger partial charge in [-0.1, -0.05) is 77.8 Å². The third-order valence-corrected chi connectivity index (χ3v) is 7.42. The number of amides is 1. The van der Waals surface area contributed by atoms with Gasteiger partial charge in [-0.15, -0.1) is 0 Å². The zero-order chi connectivity index (χ0) is 24.6. The molecule has 1 amide bonds. The van der Waals surface area contributed by atoms with Crippen LogP contribution < -0.4 is 0 Å². The van der Waals surface area contributed by atoms with E-state index in [2.05, 4.69) is 0 Å². The Bertz CT molecular complexity index is 1180. The lowest BCUT2D eigenvalue weighted by molar-refractivity contribution is -0.158. The Morgan fingerprint density at radius 2 is 1.54 bits per heavy atom. The molecule has 3 aromatic carbocycles. The Kier molecular flexibility index (Phi) is 6.34. The molecular formula is C28H25Cl2NO4. The third kappa shape index (κ3) is 4.12. The molecule has 1 unspecified atom stereocenters. The van der Waals surface area contributed by atoms with Gasteiger partial charge in [0.05, 0.1) is 6.61 Å². The highest BCUT2D eigenvalue weighted by molar-refractivity contribution is 6.30. The van der Waals surface area contributed by atoms with E-state index in [0.717, 1.165) is 16.7 Å². The highest BCUT2D eigenvalue weighted by Crippen LogP contribution is 2.57. The Balaban J connectivity index is 1.60. The molecule has 2 aliphatic rings. The summed E-state index contributed by atoms with van der Waals surface area (Å²) in [6.07, 6.45) is -0.722. The largest absolute Gasteiger partial charge is 0.465 e. The van der Waals surface area contributed by atoms with Crippen LogP contribution in [-0.2, 0) is 31.2 Å². The number of fused-ring (bicyclic) bond motifs is 1. The monoisotopic (exact) mass is 509 g/mol. The molecule has 3 aromatic rings. The number of nitrogens with zero attached hydrogens (tertiary/aromatic N) is 1. The number of carbonyl (C=O) groups is 2. The van der Waals surface area contributed by atoms with Crippen LogP contribution in [0, 0.1) is 5.41 Å². The van der Waals surface area contributed by atoms with Gasteiger partial charge < -0.3 is 14.4 Å². The highest BCUT2D eigenvalue weighted by atomic mass is 35.5. The predicted octanol–water partition coefficient (Wildman–Crippen LogP) is 5.62. The van der Waals surface area contributed by atoms with Crippen molar-refractivity contribution >= 4 is 35.1 Å². The van der Waals surface area contributed by atoms with Crippen LogP contribution in [0.5, 0.6) is 0 Å². The summed E-state index contributed by atoms with van der Waals surface area (Å²) in [5.74, 6) is -0.634. The number of rotatable bonds is 6.